The lowest BCUT2D eigenvalue weighted by molar-refractivity contribution is -0.143. The molecule has 5 nitrogen and oxygen atoms in total. The number of para-hydroxylation sites is 2. The zero-order chi connectivity index (χ0) is 21.3. The number of carbonyl (C=O) groups excluding carboxylic acids is 1. The molecule has 4 rings (SSSR count). The topological polar surface area (TPSA) is 50.2 Å². The summed E-state index contributed by atoms with van der Waals surface area (Å²) in [5.74, 6) is -0.653. The lowest BCUT2D eigenvalue weighted by Gasteiger charge is -2.19. The van der Waals surface area contributed by atoms with E-state index in [1.54, 1.807) is 31.2 Å². The Kier molecular flexibility index (Phi) is 5.24. The first-order valence-electron chi connectivity index (χ1n) is 9.66. The van der Waals surface area contributed by atoms with Crippen molar-refractivity contribution in [1.29, 1.82) is 0 Å². The van der Waals surface area contributed by atoms with Gasteiger partial charge >= 0.3 is 6.18 Å². The lowest BCUT2D eigenvalue weighted by Crippen LogP contribution is -2.33. The van der Waals surface area contributed by atoms with E-state index >= 15 is 0 Å². The van der Waals surface area contributed by atoms with Gasteiger partial charge in [-0.15, -0.1) is 0 Å². The van der Waals surface area contributed by atoms with Crippen LogP contribution < -0.4 is 5.32 Å². The van der Waals surface area contributed by atoms with Gasteiger partial charge in [0.1, 0.15) is 0 Å². The first kappa shape index (κ1) is 20.0. The second-order valence-corrected chi connectivity index (χ2v) is 7.35. The number of alkyl halides is 3. The number of likely N-dealkylation sites (tertiary alicyclic amines) is 1. The predicted molar refractivity (Wildman–Crippen MR) is 108 cm³/mol. The van der Waals surface area contributed by atoms with E-state index in [9.17, 15) is 18.0 Å². The molecule has 1 N–H and O–H groups in total. The molecule has 1 atom stereocenters. The van der Waals surface area contributed by atoms with Gasteiger partial charge in [0.15, 0.2) is 5.69 Å². The van der Waals surface area contributed by atoms with E-state index in [4.69, 9.17) is 0 Å². The van der Waals surface area contributed by atoms with Gasteiger partial charge in [-0.05, 0) is 37.1 Å². The monoisotopic (exact) mass is 414 g/mol. The lowest BCUT2D eigenvalue weighted by atomic mass is 10.1. The number of aromatic nitrogens is 2. The van der Waals surface area contributed by atoms with Crippen molar-refractivity contribution in [2.45, 2.75) is 25.6 Å². The van der Waals surface area contributed by atoms with Crippen LogP contribution in [0.2, 0.25) is 0 Å². The number of hydrogen-bond donors (Lipinski definition) is 1. The van der Waals surface area contributed by atoms with Crippen LogP contribution in [-0.2, 0) is 6.18 Å². The summed E-state index contributed by atoms with van der Waals surface area (Å²) < 4.78 is 42.6. The van der Waals surface area contributed by atoms with Gasteiger partial charge in [-0.3, -0.25) is 4.79 Å². The van der Waals surface area contributed by atoms with Gasteiger partial charge in [0.25, 0.3) is 5.91 Å². The third-order valence-corrected chi connectivity index (χ3v) is 5.23. The molecule has 30 heavy (non-hydrogen) atoms. The van der Waals surface area contributed by atoms with Crippen LogP contribution in [0.5, 0.6) is 0 Å². The maximum Gasteiger partial charge on any atom is 0.434 e. The zero-order valence-corrected chi connectivity index (χ0v) is 16.4. The molecular formula is C22H21F3N4O. The van der Waals surface area contributed by atoms with Crippen LogP contribution in [0.1, 0.15) is 28.0 Å². The van der Waals surface area contributed by atoms with Crippen LogP contribution >= 0.6 is 0 Å². The van der Waals surface area contributed by atoms with Gasteiger partial charge in [0.05, 0.1) is 17.4 Å². The fraction of sp³-hybridized carbons (Fsp3) is 0.273. The minimum Gasteiger partial charge on any atom is -0.380 e. The molecule has 0 bridgehead atoms. The van der Waals surface area contributed by atoms with Crippen molar-refractivity contribution in [3.63, 3.8) is 0 Å². The number of halogens is 3. The van der Waals surface area contributed by atoms with Gasteiger partial charge in [-0.2, -0.15) is 18.3 Å². The Balaban J connectivity index is 1.60. The summed E-state index contributed by atoms with van der Waals surface area (Å²) in [5, 5.41) is 7.25. The van der Waals surface area contributed by atoms with Crippen LogP contribution in [0, 0.1) is 6.92 Å². The van der Waals surface area contributed by atoms with Crippen molar-refractivity contribution in [1.82, 2.24) is 14.7 Å². The van der Waals surface area contributed by atoms with Crippen molar-refractivity contribution >= 4 is 11.6 Å². The van der Waals surface area contributed by atoms with Crippen LogP contribution in [0.4, 0.5) is 18.9 Å². The number of benzene rings is 2. The highest BCUT2D eigenvalue weighted by atomic mass is 19.4. The molecule has 0 saturated carbocycles. The molecule has 2 heterocycles. The number of nitrogens with zero attached hydrogens (tertiary/aromatic N) is 3. The molecule has 1 fully saturated rings. The normalized spacial score (nSPS) is 16.7. The number of amides is 1. The highest BCUT2D eigenvalue weighted by molar-refractivity contribution is 5.95. The largest absolute Gasteiger partial charge is 0.434 e. The number of aryl methyl sites for hydroxylation is 1. The van der Waals surface area contributed by atoms with Crippen LogP contribution in [0.15, 0.2) is 60.8 Å². The summed E-state index contributed by atoms with van der Waals surface area (Å²) >= 11 is 0. The van der Waals surface area contributed by atoms with Crippen LogP contribution in [-0.4, -0.2) is 39.7 Å². The highest BCUT2D eigenvalue weighted by Gasteiger charge is 2.42. The quantitative estimate of drug-likeness (QED) is 0.683. The van der Waals surface area contributed by atoms with E-state index in [1.807, 2.05) is 30.3 Å². The Hall–Kier alpha value is -3.29. The minimum absolute atomic E-state index is 0.0166. The van der Waals surface area contributed by atoms with Gasteiger partial charge in [-0.25, -0.2) is 4.68 Å². The van der Waals surface area contributed by atoms with Crippen molar-refractivity contribution in [2.75, 3.05) is 18.4 Å². The smallest absolute Gasteiger partial charge is 0.380 e. The van der Waals surface area contributed by atoms with Crippen molar-refractivity contribution < 1.29 is 18.0 Å². The maximum atomic E-state index is 13.9. The van der Waals surface area contributed by atoms with Crippen molar-refractivity contribution in [2.24, 2.45) is 0 Å². The molecule has 1 aliphatic heterocycles. The third kappa shape index (κ3) is 3.90. The molecule has 156 valence electrons. The second-order valence-electron chi connectivity index (χ2n) is 7.35. The SMILES string of the molecule is Cc1ccccc1-n1ncc(C(=O)N2CCC(Nc3ccccc3)C2)c1C(F)(F)F. The van der Waals surface area contributed by atoms with E-state index in [0.717, 1.165) is 16.6 Å². The average Bonchev–Trinajstić information content (AvgIpc) is 3.36. The fourth-order valence-corrected chi connectivity index (χ4v) is 3.76. The van der Waals surface area contributed by atoms with Crippen LogP contribution in [0.25, 0.3) is 5.69 Å². The van der Waals surface area contributed by atoms with Crippen molar-refractivity contribution in [3.05, 3.63) is 77.6 Å². The molecule has 0 radical (unpaired) electrons. The highest BCUT2D eigenvalue weighted by Crippen LogP contribution is 2.35. The molecule has 1 unspecified atom stereocenters. The summed E-state index contributed by atoms with van der Waals surface area (Å²) in [6, 6.07) is 16.2. The summed E-state index contributed by atoms with van der Waals surface area (Å²) in [4.78, 5) is 14.4. The molecule has 0 aliphatic carbocycles. The Labute approximate surface area is 172 Å². The Morgan fingerprint density at radius 1 is 1.10 bits per heavy atom. The Morgan fingerprint density at radius 3 is 2.50 bits per heavy atom. The summed E-state index contributed by atoms with van der Waals surface area (Å²) in [6.07, 6.45) is -3.03. The Morgan fingerprint density at radius 2 is 1.80 bits per heavy atom. The standard InChI is InChI=1S/C22H21F3N4O/c1-15-7-5-6-10-19(15)29-20(22(23,24)25)18(13-26-29)21(30)28-12-11-17(14-28)27-16-8-3-2-4-9-16/h2-10,13,17,27H,11-12,14H2,1H3. The van der Waals surface area contributed by atoms with Crippen LogP contribution in [0.3, 0.4) is 0 Å². The van der Waals surface area contributed by atoms with E-state index in [0.29, 0.717) is 30.8 Å². The maximum absolute atomic E-state index is 13.9. The second kappa shape index (κ2) is 7.85. The minimum atomic E-state index is -4.72. The van der Waals surface area contributed by atoms with E-state index in [1.165, 1.54) is 4.90 Å². The van der Waals surface area contributed by atoms with Gasteiger partial charge in [-0.1, -0.05) is 36.4 Å². The molecule has 1 amide bonds. The summed E-state index contributed by atoms with van der Waals surface area (Å²) in [6.45, 7) is 2.43. The summed E-state index contributed by atoms with van der Waals surface area (Å²) in [7, 11) is 0. The van der Waals surface area contributed by atoms with E-state index in [-0.39, 0.29) is 6.04 Å². The number of hydrogen-bond acceptors (Lipinski definition) is 3. The molecule has 2 aromatic carbocycles. The first-order valence-corrected chi connectivity index (χ1v) is 9.66. The molecule has 3 aromatic rings. The number of carbonyl (C=O) groups is 1. The summed E-state index contributed by atoms with van der Waals surface area (Å²) in [5.41, 5.74) is 0.389. The number of anilines is 1. The van der Waals surface area contributed by atoms with E-state index in [2.05, 4.69) is 10.4 Å². The molecule has 1 aliphatic rings. The molecule has 0 spiro atoms. The number of nitrogens with one attached hydrogen (secondary N) is 1. The number of rotatable bonds is 4. The van der Waals surface area contributed by atoms with Crippen molar-refractivity contribution in [3.8, 4) is 5.69 Å². The molecular weight excluding hydrogens is 393 g/mol. The Bertz CT molecular complexity index is 1050. The third-order valence-electron chi connectivity index (χ3n) is 5.23. The molecule has 1 saturated heterocycles. The van der Waals surface area contributed by atoms with Gasteiger partial charge < -0.3 is 10.2 Å². The predicted octanol–water partition coefficient (Wildman–Crippen LogP) is 4.53. The van der Waals surface area contributed by atoms with Gasteiger partial charge in [0.2, 0.25) is 0 Å². The molecule has 1 aromatic heterocycles. The zero-order valence-electron chi connectivity index (χ0n) is 16.4. The molecule has 8 heteroatoms. The first-order chi connectivity index (χ1) is 14.3. The van der Waals surface area contributed by atoms with E-state index < -0.39 is 23.3 Å². The fourth-order valence-electron chi connectivity index (χ4n) is 3.76. The average molecular weight is 414 g/mol. The van der Waals surface area contributed by atoms with Gasteiger partial charge in [0, 0.05) is 24.8 Å².